The van der Waals surface area contributed by atoms with Gasteiger partial charge in [0.05, 0.1) is 0 Å². The maximum absolute atomic E-state index is 12.4. The van der Waals surface area contributed by atoms with Crippen LogP contribution in [-0.2, 0) is 38.1 Å². The summed E-state index contributed by atoms with van der Waals surface area (Å²) < 4.78 is 28.3. The van der Waals surface area contributed by atoms with E-state index in [4.69, 9.17) is 23.7 Å². The highest BCUT2D eigenvalue weighted by atomic mass is 16.7. The molecule has 1 saturated heterocycles. The smallest absolute Gasteiger partial charge is 0.332 e. The molecule has 0 amide bonds. The number of carbonyl (C=O) groups excluding carboxylic acids is 3. The van der Waals surface area contributed by atoms with Crippen molar-refractivity contribution in [2.45, 2.75) is 71.5 Å². The van der Waals surface area contributed by atoms with Crippen LogP contribution in [0.3, 0.4) is 0 Å². The molecule has 1 aliphatic heterocycles. The first-order valence-electron chi connectivity index (χ1n) is 11.2. The SMILES string of the molecule is CCC(=O)OC1[C@@H](COC(=O)COCCC(C)C)O[C@@H](n2ccc(=O)[nH]c2=O)[C@H]1OC(=O)CC. The molecule has 0 aromatic carbocycles. The Morgan fingerprint density at radius 1 is 1.06 bits per heavy atom. The summed E-state index contributed by atoms with van der Waals surface area (Å²) in [4.78, 5) is 62.2. The molecule has 12 heteroatoms. The summed E-state index contributed by atoms with van der Waals surface area (Å²) in [6.07, 6.45) is -2.66. The van der Waals surface area contributed by atoms with Crippen LogP contribution < -0.4 is 11.2 Å². The van der Waals surface area contributed by atoms with Crippen molar-refractivity contribution in [1.29, 1.82) is 0 Å². The van der Waals surface area contributed by atoms with Crippen molar-refractivity contribution in [2.75, 3.05) is 19.8 Å². The van der Waals surface area contributed by atoms with Crippen molar-refractivity contribution in [2.24, 2.45) is 5.92 Å². The molecule has 4 atom stereocenters. The van der Waals surface area contributed by atoms with Gasteiger partial charge < -0.3 is 23.7 Å². The van der Waals surface area contributed by atoms with E-state index in [0.29, 0.717) is 12.5 Å². The Morgan fingerprint density at radius 2 is 1.71 bits per heavy atom. The van der Waals surface area contributed by atoms with Crippen molar-refractivity contribution in [3.63, 3.8) is 0 Å². The molecule has 1 aromatic rings. The van der Waals surface area contributed by atoms with Gasteiger partial charge in [-0.15, -0.1) is 0 Å². The third-order valence-electron chi connectivity index (χ3n) is 4.99. The minimum absolute atomic E-state index is 0.0194. The van der Waals surface area contributed by atoms with Crippen molar-refractivity contribution in [1.82, 2.24) is 9.55 Å². The predicted octanol–water partition coefficient (Wildman–Crippen LogP) is 0.684. The molecule has 0 saturated carbocycles. The van der Waals surface area contributed by atoms with Gasteiger partial charge in [-0.3, -0.25) is 23.9 Å². The fourth-order valence-corrected chi connectivity index (χ4v) is 3.12. The second kappa shape index (κ2) is 13.0. The monoisotopic (exact) mass is 484 g/mol. The first-order chi connectivity index (χ1) is 16.2. The molecule has 1 aliphatic rings. The summed E-state index contributed by atoms with van der Waals surface area (Å²) >= 11 is 0. The molecule has 0 radical (unpaired) electrons. The van der Waals surface area contributed by atoms with Gasteiger partial charge in [-0.1, -0.05) is 27.7 Å². The Morgan fingerprint density at radius 3 is 2.29 bits per heavy atom. The first kappa shape index (κ1) is 27.3. The third kappa shape index (κ3) is 7.80. The zero-order valence-electron chi connectivity index (χ0n) is 19.8. The fourth-order valence-electron chi connectivity index (χ4n) is 3.12. The lowest BCUT2D eigenvalue weighted by Crippen LogP contribution is -2.43. The van der Waals surface area contributed by atoms with E-state index in [1.807, 2.05) is 13.8 Å². The van der Waals surface area contributed by atoms with Crippen molar-refractivity contribution >= 4 is 17.9 Å². The Labute approximate surface area is 196 Å². The van der Waals surface area contributed by atoms with Gasteiger partial charge in [-0.05, 0) is 12.3 Å². The molecule has 1 N–H and O–H groups in total. The number of nitrogens with zero attached hydrogens (tertiary/aromatic N) is 1. The highest BCUT2D eigenvalue weighted by molar-refractivity contribution is 5.71. The summed E-state index contributed by atoms with van der Waals surface area (Å²) in [6, 6.07) is 1.10. The largest absolute Gasteiger partial charge is 0.461 e. The van der Waals surface area contributed by atoms with Crippen LogP contribution in [-0.4, -0.2) is 65.6 Å². The lowest BCUT2D eigenvalue weighted by Gasteiger charge is -2.24. The molecule has 12 nitrogen and oxygen atoms in total. The first-order valence-corrected chi connectivity index (χ1v) is 11.2. The van der Waals surface area contributed by atoms with Crippen LogP contribution in [0.1, 0.15) is 53.2 Å². The van der Waals surface area contributed by atoms with Crippen LogP contribution in [0.15, 0.2) is 21.9 Å². The van der Waals surface area contributed by atoms with Crippen molar-refractivity contribution in [3.8, 4) is 0 Å². The molecule has 2 heterocycles. The van der Waals surface area contributed by atoms with Gasteiger partial charge in [0, 0.05) is 31.7 Å². The number of H-pyrrole nitrogens is 1. The average molecular weight is 485 g/mol. The van der Waals surface area contributed by atoms with Crippen LogP contribution in [0.25, 0.3) is 0 Å². The molecular weight excluding hydrogens is 452 g/mol. The highest BCUT2D eigenvalue weighted by Crippen LogP contribution is 2.33. The zero-order valence-corrected chi connectivity index (χ0v) is 19.8. The van der Waals surface area contributed by atoms with Crippen LogP contribution in [0.4, 0.5) is 0 Å². The number of aromatic nitrogens is 2. The minimum Gasteiger partial charge on any atom is -0.461 e. The zero-order chi connectivity index (χ0) is 25.3. The molecule has 0 spiro atoms. The topological polar surface area (TPSA) is 152 Å². The number of nitrogens with one attached hydrogen (secondary N) is 1. The normalized spacial score (nSPS) is 21.9. The molecule has 1 fully saturated rings. The van der Waals surface area contributed by atoms with Gasteiger partial charge >= 0.3 is 23.6 Å². The Balaban J connectivity index is 2.22. The van der Waals surface area contributed by atoms with Gasteiger partial charge in [-0.2, -0.15) is 0 Å². The van der Waals surface area contributed by atoms with Crippen LogP contribution in [0.2, 0.25) is 0 Å². The van der Waals surface area contributed by atoms with E-state index in [2.05, 4.69) is 4.98 Å². The average Bonchev–Trinajstić information content (AvgIpc) is 3.11. The van der Waals surface area contributed by atoms with Crippen LogP contribution >= 0.6 is 0 Å². The number of ether oxygens (including phenoxy) is 5. The predicted molar refractivity (Wildman–Crippen MR) is 117 cm³/mol. The molecule has 190 valence electrons. The highest BCUT2D eigenvalue weighted by Gasteiger charge is 2.51. The number of esters is 3. The van der Waals surface area contributed by atoms with Crippen molar-refractivity contribution < 1.29 is 38.1 Å². The van der Waals surface area contributed by atoms with Gasteiger partial charge in [0.1, 0.15) is 19.3 Å². The van der Waals surface area contributed by atoms with Gasteiger partial charge in [-0.25, -0.2) is 9.59 Å². The lowest BCUT2D eigenvalue weighted by atomic mass is 10.1. The quantitative estimate of drug-likeness (QED) is 0.255. The lowest BCUT2D eigenvalue weighted by molar-refractivity contribution is -0.169. The minimum atomic E-state index is -1.24. The molecule has 2 rings (SSSR count). The Hall–Kier alpha value is -2.99. The standard InChI is InChI=1S/C22H32N2O10/c1-5-16(26)33-19-14(11-31-18(28)12-30-10-8-13(3)4)32-21(20(19)34-17(27)6-2)24-9-7-15(25)23-22(24)29/h7,9,13-14,19-21H,5-6,8,10-12H2,1-4H3,(H,23,25,29)/t14-,19?,20+,21-/m1/s1. The van der Waals surface area contributed by atoms with Crippen LogP contribution in [0, 0.1) is 5.92 Å². The van der Waals surface area contributed by atoms with E-state index in [9.17, 15) is 24.0 Å². The number of rotatable bonds is 12. The molecule has 0 bridgehead atoms. The summed E-state index contributed by atoms with van der Waals surface area (Å²) in [5.74, 6) is -1.45. The van der Waals surface area contributed by atoms with Crippen LogP contribution in [0.5, 0.6) is 0 Å². The number of hydrogen-bond acceptors (Lipinski definition) is 10. The Kier molecular flexibility index (Phi) is 10.5. The van der Waals surface area contributed by atoms with E-state index in [-0.39, 0.29) is 26.1 Å². The molecule has 1 unspecified atom stereocenters. The molecule has 1 aromatic heterocycles. The van der Waals surface area contributed by atoms with E-state index >= 15 is 0 Å². The van der Waals surface area contributed by atoms with Gasteiger partial charge in [0.15, 0.2) is 18.4 Å². The number of aromatic amines is 1. The summed E-state index contributed by atoms with van der Waals surface area (Å²) in [5, 5.41) is 0. The summed E-state index contributed by atoms with van der Waals surface area (Å²) in [7, 11) is 0. The summed E-state index contributed by atoms with van der Waals surface area (Å²) in [6.45, 7) is 7.00. The molecule has 0 aliphatic carbocycles. The second-order valence-electron chi connectivity index (χ2n) is 8.12. The van der Waals surface area contributed by atoms with E-state index in [1.165, 1.54) is 6.20 Å². The molecular formula is C22H32N2O10. The maximum Gasteiger partial charge on any atom is 0.332 e. The fraction of sp³-hybridized carbons (Fsp3) is 0.682. The summed E-state index contributed by atoms with van der Waals surface area (Å²) in [5.41, 5.74) is -1.44. The van der Waals surface area contributed by atoms with Gasteiger partial charge in [0.25, 0.3) is 5.56 Å². The van der Waals surface area contributed by atoms with E-state index in [0.717, 1.165) is 17.1 Å². The maximum atomic E-state index is 12.4. The molecule has 34 heavy (non-hydrogen) atoms. The van der Waals surface area contributed by atoms with Gasteiger partial charge in [0.2, 0.25) is 0 Å². The van der Waals surface area contributed by atoms with E-state index < -0.39 is 53.7 Å². The van der Waals surface area contributed by atoms with Crippen molar-refractivity contribution in [3.05, 3.63) is 33.1 Å². The Bertz CT molecular complexity index is 953. The number of carbonyl (C=O) groups is 3. The third-order valence-corrected chi connectivity index (χ3v) is 4.99. The van der Waals surface area contributed by atoms with E-state index in [1.54, 1.807) is 13.8 Å². The second-order valence-corrected chi connectivity index (χ2v) is 8.12. The number of hydrogen-bond donors (Lipinski definition) is 1.